The molecule has 6 nitrogen and oxygen atoms in total. The Hall–Kier alpha value is -2.54. The van der Waals surface area contributed by atoms with Gasteiger partial charge >= 0.3 is 5.69 Å². The van der Waals surface area contributed by atoms with Crippen molar-refractivity contribution < 1.29 is 14.8 Å². The molecule has 1 aromatic carbocycles. The molecule has 23 heavy (non-hydrogen) atoms. The fourth-order valence-electron chi connectivity index (χ4n) is 2.21. The second kappa shape index (κ2) is 7.15. The lowest BCUT2D eigenvalue weighted by Crippen LogP contribution is -2.02. The molecule has 0 radical (unpaired) electrons. The molecule has 0 spiro atoms. The normalized spacial score (nSPS) is 10.5. The molecule has 0 fully saturated rings. The van der Waals surface area contributed by atoms with Crippen LogP contribution in [0.3, 0.4) is 0 Å². The average Bonchev–Trinajstić information content (AvgIpc) is 2.81. The zero-order chi connectivity index (χ0) is 17.0. The van der Waals surface area contributed by atoms with E-state index in [0.717, 1.165) is 24.2 Å². The Morgan fingerprint density at radius 2 is 2.26 bits per heavy atom. The van der Waals surface area contributed by atoms with Crippen LogP contribution < -0.4 is 10.5 Å². The van der Waals surface area contributed by atoms with Crippen LogP contribution in [0.2, 0.25) is 0 Å². The van der Waals surface area contributed by atoms with Crippen LogP contribution in [0.5, 0.6) is 11.5 Å². The van der Waals surface area contributed by atoms with Crippen LogP contribution in [0.1, 0.15) is 24.6 Å². The lowest BCUT2D eigenvalue weighted by Gasteiger charge is -2.10. The summed E-state index contributed by atoms with van der Waals surface area (Å²) in [7, 11) is 0. The first-order chi connectivity index (χ1) is 11.0. The second-order valence-electron chi connectivity index (χ2n) is 4.87. The number of para-hydroxylation sites is 1. The number of benzene rings is 1. The average molecular weight is 334 g/mol. The van der Waals surface area contributed by atoms with E-state index in [-0.39, 0.29) is 28.3 Å². The minimum atomic E-state index is -0.513. The topological polar surface area (TPSA) is 98.6 Å². The summed E-state index contributed by atoms with van der Waals surface area (Å²) in [6.45, 7) is 6.00. The number of hydrogen-bond acceptors (Lipinski definition) is 6. The predicted molar refractivity (Wildman–Crippen MR) is 93.0 cm³/mol. The molecule has 2 aromatic rings. The third kappa shape index (κ3) is 3.29. The number of nitrogen functional groups attached to an aromatic ring is 1. The maximum absolute atomic E-state index is 11.5. The van der Waals surface area contributed by atoms with E-state index in [9.17, 15) is 15.2 Å². The molecule has 0 unspecified atom stereocenters. The minimum absolute atomic E-state index is 0.101. The van der Waals surface area contributed by atoms with Crippen molar-refractivity contribution in [1.29, 1.82) is 0 Å². The molecule has 1 aromatic heterocycles. The van der Waals surface area contributed by atoms with Gasteiger partial charge in [-0.3, -0.25) is 10.1 Å². The second-order valence-corrected chi connectivity index (χ2v) is 5.95. The van der Waals surface area contributed by atoms with Crippen molar-refractivity contribution in [3.63, 3.8) is 0 Å². The number of nitro groups is 1. The number of rotatable bonds is 7. The molecular weight excluding hydrogens is 316 g/mol. The van der Waals surface area contributed by atoms with Crippen molar-refractivity contribution in [2.75, 3.05) is 12.3 Å². The van der Waals surface area contributed by atoms with Crippen LogP contribution in [0.25, 0.3) is 17.2 Å². The Bertz CT molecular complexity index is 740. The first-order valence-electron chi connectivity index (χ1n) is 7.15. The van der Waals surface area contributed by atoms with Gasteiger partial charge in [-0.15, -0.1) is 11.3 Å². The standard InChI is InChI=1S/C16H18N2O4S/c1-3-5-9-22-11-8-6-7-10(14(11)18(20)21)13-15(19)12(4-2)23-16(13)17/h4,6-8,19H,2-3,5,9,17H2,1H3. The van der Waals surface area contributed by atoms with Gasteiger partial charge in [0.25, 0.3) is 0 Å². The van der Waals surface area contributed by atoms with Crippen molar-refractivity contribution >= 4 is 28.1 Å². The van der Waals surface area contributed by atoms with E-state index in [2.05, 4.69) is 6.58 Å². The van der Waals surface area contributed by atoms with Gasteiger partial charge in [0, 0.05) is 0 Å². The van der Waals surface area contributed by atoms with Crippen molar-refractivity contribution in [2.45, 2.75) is 19.8 Å². The van der Waals surface area contributed by atoms with E-state index in [0.29, 0.717) is 16.5 Å². The fourth-order valence-corrected chi connectivity index (χ4v) is 3.04. The van der Waals surface area contributed by atoms with Gasteiger partial charge < -0.3 is 15.6 Å². The van der Waals surface area contributed by atoms with E-state index < -0.39 is 4.92 Å². The molecular formula is C16H18N2O4S. The Morgan fingerprint density at radius 3 is 2.83 bits per heavy atom. The summed E-state index contributed by atoms with van der Waals surface area (Å²) in [4.78, 5) is 11.5. The number of nitrogens with two attached hydrogens (primary N) is 1. The predicted octanol–water partition coefficient (Wildman–Crippen LogP) is 4.43. The lowest BCUT2D eigenvalue weighted by atomic mass is 10.0. The van der Waals surface area contributed by atoms with Gasteiger partial charge in [-0.25, -0.2) is 0 Å². The summed E-state index contributed by atoms with van der Waals surface area (Å²) >= 11 is 1.13. The van der Waals surface area contributed by atoms with Gasteiger partial charge in [0.05, 0.1) is 32.5 Å². The van der Waals surface area contributed by atoms with Crippen molar-refractivity contribution in [3.05, 3.63) is 39.8 Å². The van der Waals surface area contributed by atoms with Crippen LogP contribution >= 0.6 is 11.3 Å². The number of aromatic hydroxyl groups is 1. The molecule has 0 amide bonds. The SMILES string of the molecule is C=Cc1sc(N)c(-c2cccc(OCCCC)c2[N+](=O)[O-])c1O. The minimum Gasteiger partial charge on any atom is -0.506 e. The Labute approximate surface area is 138 Å². The smallest absolute Gasteiger partial charge is 0.318 e. The van der Waals surface area contributed by atoms with Gasteiger partial charge in [-0.05, 0) is 24.6 Å². The molecule has 7 heteroatoms. The largest absolute Gasteiger partial charge is 0.506 e. The van der Waals surface area contributed by atoms with Gasteiger partial charge in [0.2, 0.25) is 0 Å². The zero-order valence-corrected chi connectivity index (χ0v) is 13.6. The number of hydrogen-bond donors (Lipinski definition) is 2. The van der Waals surface area contributed by atoms with Crippen molar-refractivity contribution in [2.24, 2.45) is 0 Å². The Balaban J connectivity index is 2.59. The summed E-state index contributed by atoms with van der Waals surface area (Å²) in [6, 6.07) is 4.74. The van der Waals surface area contributed by atoms with Crippen LogP contribution in [0.15, 0.2) is 24.8 Å². The molecule has 0 aliphatic carbocycles. The molecule has 0 bridgehead atoms. The number of thiophene rings is 1. The van der Waals surface area contributed by atoms with Crippen molar-refractivity contribution in [1.82, 2.24) is 0 Å². The summed E-state index contributed by atoms with van der Waals surface area (Å²) in [6.07, 6.45) is 3.19. The summed E-state index contributed by atoms with van der Waals surface area (Å²) in [5.74, 6) is 0.0717. The third-order valence-electron chi connectivity index (χ3n) is 3.33. The lowest BCUT2D eigenvalue weighted by molar-refractivity contribution is -0.385. The summed E-state index contributed by atoms with van der Waals surface area (Å²) < 4.78 is 5.53. The van der Waals surface area contributed by atoms with Gasteiger partial charge in [0.15, 0.2) is 5.75 Å². The fraction of sp³-hybridized carbons (Fsp3) is 0.250. The molecule has 0 saturated carbocycles. The first kappa shape index (κ1) is 16.8. The summed E-state index contributed by atoms with van der Waals surface area (Å²) in [5, 5.41) is 22.1. The molecule has 0 atom stereocenters. The maximum atomic E-state index is 11.5. The number of nitrogens with zero attached hydrogens (tertiary/aromatic N) is 1. The van der Waals surface area contributed by atoms with E-state index >= 15 is 0 Å². The zero-order valence-electron chi connectivity index (χ0n) is 12.7. The molecule has 0 aliphatic rings. The number of ether oxygens (including phenoxy) is 1. The first-order valence-corrected chi connectivity index (χ1v) is 7.97. The quantitative estimate of drug-likeness (QED) is 0.443. The summed E-state index contributed by atoms with van der Waals surface area (Å²) in [5.41, 5.74) is 6.23. The van der Waals surface area contributed by atoms with Crippen LogP contribution in [-0.2, 0) is 0 Å². The van der Waals surface area contributed by atoms with Gasteiger partial charge in [0.1, 0.15) is 5.75 Å². The monoisotopic (exact) mass is 334 g/mol. The molecule has 0 aliphatic heterocycles. The van der Waals surface area contributed by atoms with Crippen LogP contribution in [0.4, 0.5) is 10.7 Å². The van der Waals surface area contributed by atoms with Crippen LogP contribution in [-0.4, -0.2) is 16.6 Å². The van der Waals surface area contributed by atoms with Crippen LogP contribution in [0, 0.1) is 10.1 Å². The van der Waals surface area contributed by atoms with Gasteiger partial charge in [-0.1, -0.05) is 26.0 Å². The molecule has 3 N–H and O–H groups in total. The third-order valence-corrected chi connectivity index (χ3v) is 4.33. The van der Waals surface area contributed by atoms with E-state index in [1.54, 1.807) is 18.2 Å². The Morgan fingerprint density at radius 1 is 1.52 bits per heavy atom. The molecule has 122 valence electrons. The molecule has 2 rings (SSSR count). The number of nitro benzene ring substituents is 1. The Kier molecular flexibility index (Phi) is 5.23. The maximum Gasteiger partial charge on any atom is 0.318 e. The van der Waals surface area contributed by atoms with Gasteiger partial charge in [-0.2, -0.15) is 0 Å². The number of anilines is 1. The highest BCUT2D eigenvalue weighted by Gasteiger charge is 2.27. The molecule has 0 saturated heterocycles. The number of unbranched alkanes of at least 4 members (excludes halogenated alkanes) is 1. The highest BCUT2D eigenvalue weighted by Crippen LogP contribution is 2.49. The molecule has 1 heterocycles. The van der Waals surface area contributed by atoms with E-state index in [4.69, 9.17) is 10.5 Å². The van der Waals surface area contributed by atoms with E-state index in [1.165, 1.54) is 6.08 Å². The highest BCUT2D eigenvalue weighted by atomic mass is 32.1. The van der Waals surface area contributed by atoms with E-state index in [1.807, 2.05) is 6.92 Å². The highest BCUT2D eigenvalue weighted by molar-refractivity contribution is 7.17. The van der Waals surface area contributed by atoms with Crippen molar-refractivity contribution in [3.8, 4) is 22.6 Å².